The number of benzene rings is 1. The molecule has 1 fully saturated rings. The molecule has 2 amide bonds. The van der Waals surface area contributed by atoms with E-state index in [0.717, 1.165) is 11.1 Å². The van der Waals surface area contributed by atoms with Crippen LogP contribution in [0.4, 0.5) is 5.69 Å². The molecule has 1 aromatic carbocycles. The molecule has 4 nitrogen and oxygen atoms in total. The maximum absolute atomic E-state index is 12.5. The van der Waals surface area contributed by atoms with Gasteiger partial charge >= 0.3 is 0 Å². The van der Waals surface area contributed by atoms with Gasteiger partial charge in [-0.15, -0.1) is 11.3 Å². The van der Waals surface area contributed by atoms with Gasteiger partial charge < -0.3 is 10.2 Å². The summed E-state index contributed by atoms with van der Waals surface area (Å²) in [6, 6.07) is 7.47. The Hall–Kier alpha value is -1.88. The lowest BCUT2D eigenvalue weighted by atomic mass is 10.00. The molecule has 5 heteroatoms. The highest BCUT2D eigenvalue weighted by atomic mass is 32.1. The van der Waals surface area contributed by atoms with E-state index in [0.29, 0.717) is 0 Å². The molecule has 1 aliphatic rings. The van der Waals surface area contributed by atoms with Gasteiger partial charge in [0.1, 0.15) is 12.6 Å². The largest absolute Gasteiger partial charge is 0.342 e. The van der Waals surface area contributed by atoms with Gasteiger partial charge in [0, 0.05) is 10.4 Å². The van der Waals surface area contributed by atoms with Crippen molar-refractivity contribution < 1.29 is 9.59 Å². The van der Waals surface area contributed by atoms with Crippen molar-refractivity contribution in [3.05, 3.63) is 29.6 Å². The number of anilines is 1. The zero-order valence-electron chi connectivity index (χ0n) is 11.4. The van der Waals surface area contributed by atoms with Gasteiger partial charge in [-0.1, -0.05) is 13.8 Å². The standard InChI is InChI=1S/C15H16N2O2S/c1-9(2)14-15(19)17(8-13(18)16-14)11-3-4-12-10(7-11)5-6-20-12/h3-7,9,14H,8H2,1-2H3,(H,16,18). The minimum absolute atomic E-state index is 0.0332. The van der Waals surface area contributed by atoms with Crippen molar-refractivity contribution in [3.63, 3.8) is 0 Å². The van der Waals surface area contributed by atoms with Crippen LogP contribution in [-0.4, -0.2) is 24.4 Å². The van der Waals surface area contributed by atoms with E-state index in [9.17, 15) is 9.59 Å². The van der Waals surface area contributed by atoms with Crippen LogP contribution in [0.2, 0.25) is 0 Å². The van der Waals surface area contributed by atoms with Crippen molar-refractivity contribution in [2.24, 2.45) is 5.92 Å². The summed E-state index contributed by atoms with van der Waals surface area (Å²) < 4.78 is 1.18. The number of fused-ring (bicyclic) bond motifs is 1. The fourth-order valence-corrected chi connectivity index (χ4v) is 3.23. The molecule has 1 N–H and O–H groups in total. The summed E-state index contributed by atoms with van der Waals surface area (Å²) >= 11 is 1.67. The lowest BCUT2D eigenvalue weighted by molar-refractivity contribution is -0.132. The molecule has 0 radical (unpaired) electrons. The molecule has 1 aromatic heterocycles. The Balaban J connectivity index is 1.98. The maximum Gasteiger partial charge on any atom is 0.250 e. The smallest absolute Gasteiger partial charge is 0.250 e. The number of piperazine rings is 1. The molecule has 1 atom stereocenters. The molecule has 0 spiro atoms. The van der Waals surface area contributed by atoms with E-state index in [1.165, 1.54) is 4.70 Å². The van der Waals surface area contributed by atoms with Gasteiger partial charge in [-0.2, -0.15) is 0 Å². The second kappa shape index (κ2) is 4.90. The molecule has 2 aromatic rings. The van der Waals surface area contributed by atoms with Crippen LogP contribution < -0.4 is 10.2 Å². The quantitative estimate of drug-likeness (QED) is 0.922. The highest BCUT2D eigenvalue weighted by molar-refractivity contribution is 7.17. The third-order valence-electron chi connectivity index (χ3n) is 3.56. The third kappa shape index (κ3) is 2.18. The minimum atomic E-state index is -0.436. The van der Waals surface area contributed by atoms with Crippen LogP contribution in [0.3, 0.4) is 0 Å². The molecule has 1 saturated heterocycles. The summed E-state index contributed by atoms with van der Waals surface area (Å²) in [6.45, 7) is 3.97. The molecule has 1 aliphatic heterocycles. The molecule has 20 heavy (non-hydrogen) atoms. The van der Waals surface area contributed by atoms with E-state index < -0.39 is 6.04 Å². The Morgan fingerprint density at radius 1 is 1.30 bits per heavy atom. The van der Waals surface area contributed by atoms with Crippen molar-refractivity contribution in [2.75, 3.05) is 11.4 Å². The monoisotopic (exact) mass is 288 g/mol. The lowest BCUT2D eigenvalue weighted by Gasteiger charge is -2.34. The highest BCUT2D eigenvalue weighted by Crippen LogP contribution is 2.27. The Bertz CT molecular complexity index is 677. The Morgan fingerprint density at radius 2 is 2.10 bits per heavy atom. The van der Waals surface area contributed by atoms with Gasteiger partial charge in [0.05, 0.1) is 0 Å². The SMILES string of the molecule is CC(C)C1NC(=O)CN(c2ccc3sccc3c2)C1=O. The van der Waals surface area contributed by atoms with E-state index in [2.05, 4.69) is 5.32 Å². The number of hydrogen-bond donors (Lipinski definition) is 1. The Labute approximate surface area is 121 Å². The summed E-state index contributed by atoms with van der Waals surface area (Å²) in [5.41, 5.74) is 0.793. The van der Waals surface area contributed by atoms with Crippen molar-refractivity contribution in [1.82, 2.24) is 5.32 Å². The minimum Gasteiger partial charge on any atom is -0.342 e. The van der Waals surface area contributed by atoms with Crippen molar-refractivity contribution in [1.29, 1.82) is 0 Å². The molecular formula is C15H16N2O2S. The number of carbonyl (C=O) groups is 2. The fraction of sp³-hybridized carbons (Fsp3) is 0.333. The van der Waals surface area contributed by atoms with E-state index in [1.54, 1.807) is 16.2 Å². The summed E-state index contributed by atoms with van der Waals surface area (Å²) in [6.07, 6.45) is 0. The van der Waals surface area contributed by atoms with Gasteiger partial charge in [0.15, 0.2) is 0 Å². The van der Waals surface area contributed by atoms with Gasteiger partial charge in [0.2, 0.25) is 11.8 Å². The van der Waals surface area contributed by atoms with Crippen LogP contribution in [-0.2, 0) is 9.59 Å². The van der Waals surface area contributed by atoms with Crippen LogP contribution in [0.25, 0.3) is 10.1 Å². The third-order valence-corrected chi connectivity index (χ3v) is 4.46. The average Bonchev–Trinajstić information content (AvgIpc) is 2.87. The van der Waals surface area contributed by atoms with E-state index >= 15 is 0 Å². The normalized spacial score (nSPS) is 19.8. The highest BCUT2D eigenvalue weighted by Gasteiger charge is 2.35. The number of amides is 2. The van der Waals surface area contributed by atoms with Gasteiger partial charge in [0.25, 0.3) is 0 Å². The zero-order valence-corrected chi connectivity index (χ0v) is 12.2. The summed E-state index contributed by atoms with van der Waals surface area (Å²) in [4.78, 5) is 25.9. The number of nitrogens with one attached hydrogen (secondary N) is 1. The van der Waals surface area contributed by atoms with Crippen LogP contribution in [0.1, 0.15) is 13.8 Å². The molecular weight excluding hydrogens is 272 g/mol. The zero-order chi connectivity index (χ0) is 14.3. The van der Waals surface area contributed by atoms with Crippen LogP contribution in [0.15, 0.2) is 29.6 Å². The number of nitrogens with zero attached hydrogens (tertiary/aromatic N) is 1. The number of rotatable bonds is 2. The number of hydrogen-bond acceptors (Lipinski definition) is 3. The van der Waals surface area contributed by atoms with Crippen molar-refractivity contribution in [2.45, 2.75) is 19.9 Å². The maximum atomic E-state index is 12.5. The van der Waals surface area contributed by atoms with E-state index in [1.807, 2.05) is 43.5 Å². The lowest BCUT2D eigenvalue weighted by Crippen LogP contribution is -2.60. The van der Waals surface area contributed by atoms with Crippen LogP contribution in [0, 0.1) is 5.92 Å². The predicted octanol–water partition coefficient (Wildman–Crippen LogP) is 2.39. The van der Waals surface area contributed by atoms with Crippen LogP contribution >= 0.6 is 11.3 Å². The molecule has 3 rings (SSSR count). The van der Waals surface area contributed by atoms with Crippen molar-refractivity contribution in [3.8, 4) is 0 Å². The molecule has 104 valence electrons. The predicted molar refractivity (Wildman–Crippen MR) is 80.9 cm³/mol. The average molecular weight is 288 g/mol. The van der Waals surface area contributed by atoms with Gasteiger partial charge in [-0.3, -0.25) is 9.59 Å². The van der Waals surface area contributed by atoms with Crippen LogP contribution in [0.5, 0.6) is 0 Å². The Morgan fingerprint density at radius 3 is 2.85 bits per heavy atom. The van der Waals surface area contributed by atoms with Crippen molar-refractivity contribution >= 4 is 38.9 Å². The number of carbonyl (C=O) groups excluding carboxylic acids is 2. The Kier molecular flexibility index (Phi) is 3.22. The molecule has 2 heterocycles. The number of thiophene rings is 1. The van der Waals surface area contributed by atoms with Gasteiger partial charge in [-0.25, -0.2) is 0 Å². The molecule has 0 bridgehead atoms. The summed E-state index contributed by atoms with van der Waals surface area (Å²) in [5.74, 6) is -0.0537. The van der Waals surface area contributed by atoms with Gasteiger partial charge in [-0.05, 0) is 40.9 Å². The second-order valence-corrected chi connectivity index (χ2v) is 6.30. The molecule has 0 aliphatic carbocycles. The topological polar surface area (TPSA) is 49.4 Å². The first-order valence-corrected chi connectivity index (χ1v) is 7.52. The fourth-order valence-electron chi connectivity index (χ4n) is 2.46. The molecule has 0 saturated carbocycles. The first-order chi connectivity index (χ1) is 9.56. The van der Waals surface area contributed by atoms with E-state index in [-0.39, 0.29) is 24.3 Å². The first-order valence-electron chi connectivity index (χ1n) is 6.64. The molecule has 1 unspecified atom stereocenters. The first kappa shape index (κ1) is 13.1. The second-order valence-electron chi connectivity index (χ2n) is 5.36. The summed E-state index contributed by atoms with van der Waals surface area (Å²) in [7, 11) is 0. The van der Waals surface area contributed by atoms with E-state index in [4.69, 9.17) is 0 Å². The summed E-state index contributed by atoms with van der Waals surface area (Å²) in [5, 5.41) is 5.90.